The maximum absolute atomic E-state index is 12.4. The largest absolute Gasteiger partial charge is 0.493 e. The van der Waals surface area contributed by atoms with Gasteiger partial charge in [0.05, 0.1) is 14.2 Å². The molecule has 2 heterocycles. The fraction of sp³-hybridized carbons (Fsp3) is 0.500. The number of hydrogen-bond acceptors (Lipinski definition) is 8. The number of ether oxygens (including phenoxy) is 2. The van der Waals surface area contributed by atoms with E-state index in [2.05, 4.69) is 16.9 Å². The van der Waals surface area contributed by atoms with Crippen molar-refractivity contribution in [2.45, 2.75) is 29.6 Å². The van der Waals surface area contributed by atoms with Crippen molar-refractivity contribution in [3.05, 3.63) is 34.8 Å². The number of aromatic carboxylic acids is 1. The van der Waals surface area contributed by atoms with Gasteiger partial charge in [0.25, 0.3) is 0 Å². The number of carboxylic acid groups (broad SMARTS) is 1. The van der Waals surface area contributed by atoms with Crippen molar-refractivity contribution in [1.29, 1.82) is 0 Å². The van der Waals surface area contributed by atoms with Gasteiger partial charge in [-0.25, -0.2) is 9.78 Å². The topological polar surface area (TPSA) is 92.2 Å². The average molecular weight is 480 g/mol. The number of rotatable bonds is 12. The van der Waals surface area contributed by atoms with Gasteiger partial charge in [0.1, 0.15) is 0 Å². The van der Waals surface area contributed by atoms with Gasteiger partial charge in [0.2, 0.25) is 5.91 Å². The highest BCUT2D eigenvalue weighted by Gasteiger charge is 2.31. The van der Waals surface area contributed by atoms with Crippen LogP contribution in [0.4, 0.5) is 0 Å². The van der Waals surface area contributed by atoms with Gasteiger partial charge in [-0.1, -0.05) is 17.8 Å². The molecule has 0 bridgehead atoms. The van der Waals surface area contributed by atoms with Crippen molar-refractivity contribution < 1.29 is 24.2 Å². The number of hydrogen-bond donors (Lipinski definition) is 1. The van der Waals surface area contributed by atoms with Crippen molar-refractivity contribution in [2.75, 3.05) is 46.7 Å². The van der Waals surface area contributed by atoms with Crippen LogP contribution in [-0.2, 0) is 11.2 Å². The highest BCUT2D eigenvalue weighted by molar-refractivity contribution is 8.01. The third kappa shape index (κ3) is 6.36. The third-order valence-corrected chi connectivity index (χ3v) is 7.47. The van der Waals surface area contributed by atoms with E-state index in [4.69, 9.17) is 14.6 Å². The second-order valence-corrected chi connectivity index (χ2v) is 9.83. The fourth-order valence-electron chi connectivity index (χ4n) is 3.75. The molecular formula is C22H29N3O5S2. The highest BCUT2D eigenvalue weighted by Crippen LogP contribution is 2.28. The molecule has 1 aromatic carbocycles. The molecule has 1 aliphatic rings. The van der Waals surface area contributed by atoms with Crippen LogP contribution in [0.5, 0.6) is 11.5 Å². The molecule has 0 unspecified atom stereocenters. The first kappa shape index (κ1) is 24.3. The minimum Gasteiger partial charge on any atom is -0.493 e. The van der Waals surface area contributed by atoms with Crippen LogP contribution in [0.25, 0.3) is 0 Å². The molecule has 2 aromatic rings. The van der Waals surface area contributed by atoms with Crippen LogP contribution in [0.15, 0.2) is 27.9 Å². The maximum atomic E-state index is 12.4. The van der Waals surface area contributed by atoms with E-state index in [9.17, 15) is 9.59 Å². The Morgan fingerprint density at radius 1 is 1.34 bits per heavy atom. The predicted molar refractivity (Wildman–Crippen MR) is 125 cm³/mol. The van der Waals surface area contributed by atoms with Crippen molar-refractivity contribution in [1.82, 2.24) is 14.8 Å². The fourth-order valence-corrected chi connectivity index (χ4v) is 5.56. The summed E-state index contributed by atoms with van der Waals surface area (Å²) < 4.78 is 11.4. The SMILES string of the molecule is COc1ccc(CCN(C)C[C@H]2CCC(=O)N2CCSc2nc(C(=O)O)cs2)cc1OC. The van der Waals surface area contributed by atoms with E-state index in [1.807, 2.05) is 23.1 Å². The number of methoxy groups -OCH3 is 2. The Kier molecular flexibility index (Phi) is 8.77. The number of carbonyl (C=O) groups excluding carboxylic acids is 1. The van der Waals surface area contributed by atoms with Gasteiger partial charge in [-0.3, -0.25) is 4.79 Å². The number of thioether (sulfide) groups is 1. The molecule has 8 nitrogen and oxygen atoms in total. The van der Waals surface area contributed by atoms with Crippen LogP contribution in [-0.4, -0.2) is 84.5 Å². The van der Waals surface area contributed by atoms with Gasteiger partial charge in [-0.15, -0.1) is 11.3 Å². The Bertz CT molecular complexity index is 936. The third-order valence-electron chi connectivity index (χ3n) is 5.47. The zero-order valence-electron chi connectivity index (χ0n) is 18.6. The molecule has 1 amide bonds. The number of likely N-dealkylation sites (N-methyl/N-ethyl adjacent to an activating group) is 1. The average Bonchev–Trinajstić information content (AvgIpc) is 3.40. The summed E-state index contributed by atoms with van der Waals surface area (Å²) in [5.74, 6) is 1.32. The summed E-state index contributed by atoms with van der Waals surface area (Å²) in [6.07, 6.45) is 2.33. The maximum Gasteiger partial charge on any atom is 0.355 e. The van der Waals surface area contributed by atoms with Gasteiger partial charge in [-0.05, 0) is 37.6 Å². The first-order chi connectivity index (χ1) is 15.4. The van der Waals surface area contributed by atoms with Crippen LogP contribution in [0.2, 0.25) is 0 Å². The van der Waals surface area contributed by atoms with Crippen molar-refractivity contribution in [3.63, 3.8) is 0 Å². The second kappa shape index (κ2) is 11.5. The number of likely N-dealkylation sites (tertiary alicyclic amines) is 1. The Hall–Kier alpha value is -2.30. The van der Waals surface area contributed by atoms with Gasteiger partial charge in [-0.2, -0.15) is 0 Å². The van der Waals surface area contributed by atoms with Crippen LogP contribution in [0.1, 0.15) is 28.9 Å². The lowest BCUT2D eigenvalue weighted by Crippen LogP contribution is -2.42. The molecule has 10 heteroatoms. The zero-order chi connectivity index (χ0) is 23.1. The van der Waals surface area contributed by atoms with Crippen LogP contribution < -0.4 is 9.47 Å². The summed E-state index contributed by atoms with van der Waals surface area (Å²) in [6.45, 7) is 2.34. The molecule has 0 aliphatic carbocycles. The van der Waals surface area contributed by atoms with E-state index >= 15 is 0 Å². The Labute approximate surface area is 196 Å². The number of carboxylic acids is 1. The molecule has 1 fully saturated rings. The summed E-state index contributed by atoms with van der Waals surface area (Å²) in [7, 11) is 5.35. The van der Waals surface area contributed by atoms with Gasteiger partial charge in [0, 0.05) is 43.2 Å². The molecule has 0 saturated carbocycles. The zero-order valence-corrected chi connectivity index (χ0v) is 20.2. The smallest absolute Gasteiger partial charge is 0.355 e. The van der Waals surface area contributed by atoms with Crippen molar-refractivity contribution >= 4 is 35.0 Å². The first-order valence-electron chi connectivity index (χ1n) is 10.4. The molecular weight excluding hydrogens is 450 g/mol. The van der Waals surface area contributed by atoms with E-state index in [1.165, 1.54) is 28.7 Å². The predicted octanol–water partition coefficient (Wildman–Crippen LogP) is 3.12. The molecule has 1 saturated heterocycles. The van der Waals surface area contributed by atoms with E-state index in [-0.39, 0.29) is 17.6 Å². The lowest BCUT2D eigenvalue weighted by Gasteiger charge is -2.28. The van der Waals surface area contributed by atoms with Gasteiger partial charge in [0.15, 0.2) is 21.5 Å². The van der Waals surface area contributed by atoms with Gasteiger partial charge < -0.3 is 24.4 Å². The number of aromatic nitrogens is 1. The number of benzene rings is 1. The lowest BCUT2D eigenvalue weighted by molar-refractivity contribution is -0.128. The Morgan fingerprint density at radius 2 is 2.12 bits per heavy atom. The highest BCUT2D eigenvalue weighted by atomic mass is 32.2. The van der Waals surface area contributed by atoms with Crippen LogP contribution in [0, 0.1) is 0 Å². The minimum absolute atomic E-state index is 0.0729. The monoisotopic (exact) mass is 479 g/mol. The lowest BCUT2D eigenvalue weighted by atomic mass is 10.1. The van der Waals surface area contributed by atoms with Crippen molar-refractivity contribution in [2.24, 2.45) is 0 Å². The van der Waals surface area contributed by atoms with Crippen LogP contribution in [0.3, 0.4) is 0 Å². The summed E-state index contributed by atoms with van der Waals surface area (Å²) >= 11 is 2.82. The quantitative estimate of drug-likeness (QED) is 0.464. The molecule has 0 spiro atoms. The Morgan fingerprint density at radius 3 is 2.81 bits per heavy atom. The summed E-state index contributed by atoms with van der Waals surface area (Å²) in [4.78, 5) is 31.7. The molecule has 1 aromatic heterocycles. The second-order valence-electron chi connectivity index (χ2n) is 7.63. The summed E-state index contributed by atoms with van der Waals surface area (Å²) in [5, 5.41) is 10.5. The number of thiazole rings is 1. The van der Waals surface area contributed by atoms with E-state index < -0.39 is 5.97 Å². The van der Waals surface area contributed by atoms with Crippen molar-refractivity contribution in [3.8, 4) is 11.5 Å². The molecule has 3 rings (SSSR count). The molecule has 0 radical (unpaired) electrons. The summed E-state index contributed by atoms with van der Waals surface area (Å²) in [5.41, 5.74) is 1.25. The Balaban J connectivity index is 1.47. The standard InChI is InChI=1S/C22H29N3O5S2/c1-24(9-8-15-4-6-18(29-2)19(12-15)30-3)13-16-5-7-20(26)25(16)10-11-31-22-23-17(14-32-22)21(27)28/h4,6,12,14,16H,5,7-11,13H2,1-3H3,(H,27,28)/t16-/m1/s1. The number of carbonyl (C=O) groups is 2. The molecule has 1 atom stereocenters. The molecule has 1 N–H and O–H groups in total. The summed E-state index contributed by atoms with van der Waals surface area (Å²) in [6, 6.07) is 6.17. The van der Waals surface area contributed by atoms with Crippen LogP contribution >= 0.6 is 23.1 Å². The van der Waals surface area contributed by atoms with E-state index in [0.717, 1.165) is 41.8 Å². The minimum atomic E-state index is -1.01. The molecule has 1 aliphatic heterocycles. The van der Waals surface area contributed by atoms with Gasteiger partial charge >= 0.3 is 5.97 Å². The number of nitrogens with zero attached hydrogens (tertiary/aromatic N) is 3. The molecule has 32 heavy (non-hydrogen) atoms. The van der Waals surface area contributed by atoms with E-state index in [0.29, 0.717) is 18.7 Å². The number of amides is 1. The normalized spacial score (nSPS) is 16.1. The molecule has 174 valence electrons. The first-order valence-corrected chi connectivity index (χ1v) is 12.3. The van der Waals surface area contributed by atoms with E-state index in [1.54, 1.807) is 19.6 Å².